The molecule has 2 heteroatoms. The summed E-state index contributed by atoms with van der Waals surface area (Å²) in [5.41, 5.74) is 0. The summed E-state index contributed by atoms with van der Waals surface area (Å²) >= 11 is 0. The van der Waals surface area contributed by atoms with Crippen molar-refractivity contribution in [1.29, 1.82) is 0 Å². The van der Waals surface area contributed by atoms with E-state index in [1.807, 2.05) is 13.0 Å². The molecule has 12 heavy (non-hydrogen) atoms. The second kappa shape index (κ2) is 4.19. The summed E-state index contributed by atoms with van der Waals surface area (Å²) in [5, 5.41) is 0. The Morgan fingerprint density at radius 3 is 2.42 bits per heavy atom. The molecule has 0 heterocycles. The largest absolute Gasteiger partial charge is 0.299 e. The summed E-state index contributed by atoms with van der Waals surface area (Å²) < 4.78 is 0. The van der Waals surface area contributed by atoms with Crippen LogP contribution in [0.1, 0.15) is 32.6 Å². The van der Waals surface area contributed by atoms with Gasteiger partial charge in [0.1, 0.15) is 11.6 Å². The van der Waals surface area contributed by atoms with Crippen LogP contribution in [0.3, 0.4) is 0 Å². The number of rotatable bonds is 2. The highest BCUT2D eigenvalue weighted by Gasteiger charge is 2.26. The fraction of sp³-hybridized carbons (Fsp3) is 0.600. The predicted molar refractivity (Wildman–Crippen MR) is 46.8 cm³/mol. The lowest BCUT2D eigenvalue weighted by Crippen LogP contribution is -2.26. The smallest absolute Gasteiger partial charge is 0.147 e. The van der Waals surface area contributed by atoms with E-state index in [1.54, 1.807) is 6.08 Å². The fourth-order valence-corrected chi connectivity index (χ4v) is 1.41. The molecule has 0 spiro atoms. The summed E-state index contributed by atoms with van der Waals surface area (Å²) in [7, 11) is 0. The summed E-state index contributed by atoms with van der Waals surface area (Å²) in [4.78, 5) is 22.5. The van der Waals surface area contributed by atoms with E-state index in [1.165, 1.54) is 0 Å². The zero-order valence-electron chi connectivity index (χ0n) is 7.38. The van der Waals surface area contributed by atoms with Crippen molar-refractivity contribution >= 4 is 11.6 Å². The molecule has 1 fully saturated rings. The molecule has 1 aliphatic carbocycles. The van der Waals surface area contributed by atoms with E-state index in [0.29, 0.717) is 12.8 Å². The number of Topliss-reactive ketones (excluding diaryl/α,β-unsaturated/α-hetero) is 2. The highest BCUT2D eigenvalue weighted by molar-refractivity contribution is 6.06. The maximum atomic E-state index is 11.2. The van der Waals surface area contributed by atoms with Crippen LogP contribution in [0.25, 0.3) is 0 Å². The third-order valence-electron chi connectivity index (χ3n) is 2.10. The van der Waals surface area contributed by atoms with Crippen molar-refractivity contribution in [1.82, 2.24) is 0 Å². The van der Waals surface area contributed by atoms with E-state index in [0.717, 1.165) is 12.8 Å². The zero-order chi connectivity index (χ0) is 8.97. The van der Waals surface area contributed by atoms with Crippen LogP contribution in [0.2, 0.25) is 0 Å². The quantitative estimate of drug-likeness (QED) is 0.463. The van der Waals surface area contributed by atoms with Gasteiger partial charge < -0.3 is 0 Å². The minimum absolute atomic E-state index is 0.0935. The number of ketones is 2. The molecule has 2 nitrogen and oxygen atoms in total. The van der Waals surface area contributed by atoms with Crippen LogP contribution in [0.5, 0.6) is 0 Å². The third-order valence-corrected chi connectivity index (χ3v) is 2.10. The number of allylic oxidation sites excluding steroid dienone is 2. The van der Waals surface area contributed by atoms with Gasteiger partial charge in [-0.2, -0.15) is 0 Å². The van der Waals surface area contributed by atoms with Crippen molar-refractivity contribution in [3.63, 3.8) is 0 Å². The number of hydrogen-bond acceptors (Lipinski definition) is 2. The van der Waals surface area contributed by atoms with Gasteiger partial charge in [0.05, 0.1) is 5.92 Å². The van der Waals surface area contributed by atoms with Crippen molar-refractivity contribution in [2.75, 3.05) is 0 Å². The molecule has 0 aliphatic heterocycles. The highest BCUT2D eigenvalue weighted by Crippen LogP contribution is 2.18. The lowest BCUT2D eigenvalue weighted by Gasteiger charge is -2.15. The lowest BCUT2D eigenvalue weighted by atomic mass is 9.86. The monoisotopic (exact) mass is 166 g/mol. The zero-order valence-corrected chi connectivity index (χ0v) is 7.38. The predicted octanol–water partition coefficient (Wildman–Crippen LogP) is 1.89. The molecule has 0 unspecified atom stereocenters. The molecule has 0 aromatic rings. The summed E-state index contributed by atoms with van der Waals surface area (Å²) in [6.45, 7) is 1.99. The van der Waals surface area contributed by atoms with Crippen LogP contribution in [0.15, 0.2) is 12.2 Å². The molecule has 0 bridgehead atoms. The number of hydrogen-bond donors (Lipinski definition) is 0. The summed E-state index contributed by atoms with van der Waals surface area (Å²) in [6.07, 6.45) is 6.43. The van der Waals surface area contributed by atoms with E-state index in [4.69, 9.17) is 0 Å². The molecular formula is C10H14O2. The molecule has 0 radical (unpaired) electrons. The van der Waals surface area contributed by atoms with Crippen LogP contribution < -0.4 is 0 Å². The van der Waals surface area contributed by atoms with Crippen molar-refractivity contribution in [3.05, 3.63) is 12.2 Å². The molecule has 0 amide bonds. The van der Waals surface area contributed by atoms with Crippen molar-refractivity contribution in [2.45, 2.75) is 32.6 Å². The van der Waals surface area contributed by atoms with Gasteiger partial charge in [-0.3, -0.25) is 9.59 Å². The van der Waals surface area contributed by atoms with Crippen LogP contribution in [-0.2, 0) is 9.59 Å². The van der Waals surface area contributed by atoms with Crippen LogP contribution in [0.4, 0.5) is 0 Å². The second-order valence-corrected chi connectivity index (χ2v) is 3.10. The van der Waals surface area contributed by atoms with Crippen LogP contribution in [0, 0.1) is 5.92 Å². The SMILES string of the molecule is CCC=CC1C(=O)CCCC1=O. The van der Waals surface area contributed by atoms with E-state index >= 15 is 0 Å². The molecular weight excluding hydrogens is 152 g/mol. The minimum Gasteiger partial charge on any atom is -0.299 e. The Bertz CT molecular complexity index is 200. The first-order valence-electron chi connectivity index (χ1n) is 4.47. The Morgan fingerprint density at radius 2 is 1.92 bits per heavy atom. The average molecular weight is 166 g/mol. The van der Waals surface area contributed by atoms with E-state index in [-0.39, 0.29) is 11.6 Å². The Morgan fingerprint density at radius 1 is 1.33 bits per heavy atom. The molecule has 0 aromatic carbocycles. The molecule has 1 rings (SSSR count). The van der Waals surface area contributed by atoms with Crippen molar-refractivity contribution in [3.8, 4) is 0 Å². The van der Waals surface area contributed by atoms with Gasteiger partial charge in [-0.15, -0.1) is 0 Å². The van der Waals surface area contributed by atoms with Gasteiger partial charge in [-0.1, -0.05) is 19.1 Å². The van der Waals surface area contributed by atoms with Gasteiger partial charge in [0.15, 0.2) is 0 Å². The molecule has 1 saturated carbocycles. The Balaban J connectivity index is 2.63. The number of carbonyl (C=O) groups excluding carboxylic acids is 2. The normalized spacial score (nSPS) is 20.8. The molecule has 0 N–H and O–H groups in total. The standard InChI is InChI=1S/C10H14O2/c1-2-3-5-8-9(11)6-4-7-10(8)12/h3,5,8H,2,4,6-7H2,1H3. The Hall–Kier alpha value is -0.920. The first-order chi connectivity index (χ1) is 5.75. The topological polar surface area (TPSA) is 34.1 Å². The lowest BCUT2D eigenvalue weighted by molar-refractivity contribution is -0.133. The molecule has 0 aromatic heterocycles. The average Bonchev–Trinajstić information content (AvgIpc) is 2.04. The third kappa shape index (κ3) is 2.03. The van der Waals surface area contributed by atoms with E-state index in [9.17, 15) is 9.59 Å². The van der Waals surface area contributed by atoms with Gasteiger partial charge in [-0.05, 0) is 12.8 Å². The molecule has 0 atom stereocenters. The first kappa shape index (κ1) is 9.17. The van der Waals surface area contributed by atoms with Gasteiger partial charge in [0.25, 0.3) is 0 Å². The van der Waals surface area contributed by atoms with E-state index in [2.05, 4.69) is 0 Å². The molecule has 66 valence electrons. The minimum atomic E-state index is -0.418. The molecule has 1 aliphatic rings. The van der Waals surface area contributed by atoms with E-state index < -0.39 is 5.92 Å². The first-order valence-corrected chi connectivity index (χ1v) is 4.47. The maximum absolute atomic E-state index is 11.2. The number of carbonyl (C=O) groups is 2. The summed E-state index contributed by atoms with van der Waals surface area (Å²) in [6, 6.07) is 0. The van der Waals surface area contributed by atoms with Gasteiger partial charge >= 0.3 is 0 Å². The second-order valence-electron chi connectivity index (χ2n) is 3.10. The van der Waals surface area contributed by atoms with Gasteiger partial charge in [0.2, 0.25) is 0 Å². The highest BCUT2D eigenvalue weighted by atomic mass is 16.2. The Labute approximate surface area is 72.7 Å². The van der Waals surface area contributed by atoms with Crippen LogP contribution in [-0.4, -0.2) is 11.6 Å². The van der Waals surface area contributed by atoms with Gasteiger partial charge in [0, 0.05) is 12.8 Å². The van der Waals surface area contributed by atoms with Crippen molar-refractivity contribution < 1.29 is 9.59 Å². The molecule has 0 saturated heterocycles. The van der Waals surface area contributed by atoms with Gasteiger partial charge in [-0.25, -0.2) is 0 Å². The van der Waals surface area contributed by atoms with Crippen molar-refractivity contribution in [2.24, 2.45) is 5.92 Å². The Kier molecular flexibility index (Phi) is 3.20. The summed E-state index contributed by atoms with van der Waals surface area (Å²) in [5.74, 6) is -0.231. The van der Waals surface area contributed by atoms with Crippen LogP contribution >= 0.6 is 0 Å². The maximum Gasteiger partial charge on any atom is 0.147 e. The fourth-order valence-electron chi connectivity index (χ4n) is 1.41.